The maximum atomic E-state index is 13.0. The number of aryl methyl sites for hydroxylation is 1. The molecule has 1 aromatic carbocycles. The first-order valence-electron chi connectivity index (χ1n) is 10.7. The molecular formula is C26H27N3O3. The van der Waals surface area contributed by atoms with Crippen LogP contribution in [-0.4, -0.2) is 48.1 Å². The van der Waals surface area contributed by atoms with Gasteiger partial charge in [-0.05, 0) is 43.5 Å². The van der Waals surface area contributed by atoms with E-state index in [9.17, 15) is 4.79 Å². The van der Waals surface area contributed by atoms with E-state index < -0.39 is 0 Å². The second-order valence-corrected chi connectivity index (χ2v) is 7.79. The molecule has 0 N–H and O–H groups in total. The van der Waals surface area contributed by atoms with Crippen LogP contribution in [0.3, 0.4) is 0 Å². The van der Waals surface area contributed by atoms with Gasteiger partial charge in [-0.3, -0.25) is 9.78 Å². The number of carbonyl (C=O) groups is 1. The lowest BCUT2D eigenvalue weighted by Crippen LogP contribution is -2.36. The van der Waals surface area contributed by atoms with Crippen LogP contribution in [0.2, 0.25) is 0 Å². The van der Waals surface area contributed by atoms with Gasteiger partial charge in [-0.25, -0.2) is 4.98 Å². The molecule has 1 aliphatic rings. The molecule has 0 spiro atoms. The average molecular weight is 430 g/mol. The lowest BCUT2D eigenvalue weighted by Gasteiger charge is -2.30. The van der Waals surface area contributed by atoms with Gasteiger partial charge in [0.25, 0.3) is 5.91 Å². The van der Waals surface area contributed by atoms with Gasteiger partial charge in [0.05, 0.1) is 25.5 Å². The molecule has 6 heteroatoms. The third kappa shape index (κ3) is 4.49. The minimum Gasteiger partial charge on any atom is -0.496 e. The topological polar surface area (TPSA) is 64.5 Å². The van der Waals surface area contributed by atoms with Gasteiger partial charge in [-0.15, -0.1) is 0 Å². The molecule has 1 fully saturated rings. The summed E-state index contributed by atoms with van der Waals surface area (Å²) in [6.07, 6.45) is 4.92. The summed E-state index contributed by atoms with van der Waals surface area (Å²) < 4.78 is 11.0. The monoisotopic (exact) mass is 429 g/mol. The van der Waals surface area contributed by atoms with E-state index in [4.69, 9.17) is 14.5 Å². The molecule has 3 aromatic rings. The number of likely N-dealkylation sites (tertiary alicyclic amines) is 1. The highest BCUT2D eigenvalue weighted by molar-refractivity contribution is 5.94. The standard InChI is InChI=1S/C26H27N3O3/c1-18-15-20(17-27-16-18)26(30)29-13-11-19(12-14-29)25(21-7-4-5-9-23(21)31-2)22-8-6-10-24(28-22)32-3/h4-10,15-17H,11-14H2,1-3H3. The predicted octanol–water partition coefficient (Wildman–Crippen LogP) is 4.54. The number of hydrogen-bond acceptors (Lipinski definition) is 5. The highest BCUT2D eigenvalue weighted by atomic mass is 16.5. The van der Waals surface area contributed by atoms with Crippen LogP contribution in [0.15, 0.2) is 66.5 Å². The quantitative estimate of drug-likeness (QED) is 0.596. The number of carbonyl (C=O) groups excluding carboxylic acids is 1. The Kier molecular flexibility index (Phi) is 6.50. The van der Waals surface area contributed by atoms with Gasteiger partial charge in [0, 0.05) is 42.7 Å². The largest absolute Gasteiger partial charge is 0.496 e. The number of hydrogen-bond donors (Lipinski definition) is 0. The van der Waals surface area contributed by atoms with Crippen molar-refractivity contribution in [2.75, 3.05) is 27.3 Å². The number of rotatable bonds is 5. The van der Waals surface area contributed by atoms with Crippen molar-refractivity contribution < 1.29 is 14.3 Å². The number of piperidine rings is 1. The number of amides is 1. The Bertz CT molecular complexity index is 1150. The molecule has 0 saturated carbocycles. The molecule has 1 saturated heterocycles. The molecule has 32 heavy (non-hydrogen) atoms. The molecular weight excluding hydrogens is 402 g/mol. The van der Waals surface area contributed by atoms with E-state index in [1.807, 2.05) is 54.3 Å². The van der Waals surface area contributed by atoms with E-state index in [0.717, 1.165) is 41.0 Å². The Morgan fingerprint density at radius 2 is 1.75 bits per heavy atom. The molecule has 0 radical (unpaired) electrons. The lowest BCUT2D eigenvalue weighted by molar-refractivity contribution is 0.0743. The Labute approximate surface area is 188 Å². The molecule has 1 amide bonds. The normalized spacial score (nSPS) is 13.6. The molecule has 0 bridgehead atoms. The fraction of sp³-hybridized carbons (Fsp3) is 0.269. The third-order valence-corrected chi connectivity index (χ3v) is 5.69. The first kappa shape index (κ1) is 21.6. The van der Waals surface area contributed by atoms with Gasteiger partial charge in [0.2, 0.25) is 5.88 Å². The Balaban J connectivity index is 1.69. The van der Waals surface area contributed by atoms with E-state index >= 15 is 0 Å². The van der Waals surface area contributed by atoms with Gasteiger partial charge in [0.15, 0.2) is 0 Å². The van der Waals surface area contributed by atoms with E-state index in [0.29, 0.717) is 24.5 Å². The Morgan fingerprint density at radius 3 is 2.47 bits per heavy atom. The number of methoxy groups -OCH3 is 2. The van der Waals surface area contributed by atoms with Crippen molar-refractivity contribution in [3.8, 4) is 11.6 Å². The second-order valence-electron chi connectivity index (χ2n) is 7.79. The fourth-order valence-electron chi connectivity index (χ4n) is 4.11. The molecule has 6 nitrogen and oxygen atoms in total. The van der Waals surface area contributed by atoms with Gasteiger partial charge < -0.3 is 14.4 Å². The minimum atomic E-state index is 0.0265. The van der Waals surface area contributed by atoms with Gasteiger partial charge in [-0.1, -0.05) is 29.8 Å². The highest BCUT2D eigenvalue weighted by Gasteiger charge is 2.25. The van der Waals surface area contributed by atoms with E-state index in [1.165, 1.54) is 5.57 Å². The fourth-order valence-corrected chi connectivity index (χ4v) is 4.11. The summed E-state index contributed by atoms with van der Waals surface area (Å²) in [6, 6.07) is 15.6. The zero-order valence-corrected chi connectivity index (χ0v) is 18.7. The number of ether oxygens (including phenoxy) is 2. The average Bonchev–Trinajstić information content (AvgIpc) is 2.84. The predicted molar refractivity (Wildman–Crippen MR) is 124 cm³/mol. The van der Waals surface area contributed by atoms with Crippen molar-refractivity contribution >= 4 is 11.5 Å². The van der Waals surface area contributed by atoms with Crippen molar-refractivity contribution in [3.63, 3.8) is 0 Å². The van der Waals surface area contributed by atoms with Crippen molar-refractivity contribution in [2.45, 2.75) is 19.8 Å². The van der Waals surface area contributed by atoms with Crippen LogP contribution in [0.1, 0.15) is 40.0 Å². The molecule has 0 atom stereocenters. The van der Waals surface area contributed by atoms with Crippen LogP contribution in [0.4, 0.5) is 0 Å². The second kappa shape index (κ2) is 9.64. The van der Waals surface area contributed by atoms with E-state index in [-0.39, 0.29) is 5.91 Å². The summed E-state index contributed by atoms with van der Waals surface area (Å²) >= 11 is 0. The lowest BCUT2D eigenvalue weighted by atomic mass is 9.90. The van der Waals surface area contributed by atoms with Crippen LogP contribution >= 0.6 is 0 Å². The zero-order valence-electron chi connectivity index (χ0n) is 18.7. The van der Waals surface area contributed by atoms with Crippen LogP contribution in [0.25, 0.3) is 5.57 Å². The van der Waals surface area contributed by atoms with E-state index in [1.54, 1.807) is 26.6 Å². The van der Waals surface area contributed by atoms with Crippen molar-refractivity contribution in [1.29, 1.82) is 0 Å². The zero-order chi connectivity index (χ0) is 22.5. The molecule has 4 rings (SSSR count). The molecule has 164 valence electrons. The van der Waals surface area contributed by atoms with Crippen LogP contribution < -0.4 is 9.47 Å². The highest BCUT2D eigenvalue weighted by Crippen LogP contribution is 2.36. The summed E-state index contributed by atoms with van der Waals surface area (Å²) in [5.41, 5.74) is 5.75. The smallest absolute Gasteiger partial charge is 0.255 e. The van der Waals surface area contributed by atoms with Crippen LogP contribution in [0, 0.1) is 6.92 Å². The van der Waals surface area contributed by atoms with Crippen molar-refractivity contribution in [3.05, 3.63) is 88.9 Å². The first-order valence-corrected chi connectivity index (χ1v) is 10.7. The minimum absolute atomic E-state index is 0.0265. The number of pyridine rings is 2. The number of nitrogens with zero attached hydrogens (tertiary/aromatic N) is 3. The molecule has 1 aliphatic heterocycles. The molecule has 0 aliphatic carbocycles. The summed E-state index contributed by atoms with van der Waals surface area (Å²) in [6.45, 7) is 3.23. The maximum absolute atomic E-state index is 13.0. The maximum Gasteiger partial charge on any atom is 0.255 e. The molecule has 3 heterocycles. The van der Waals surface area contributed by atoms with Crippen molar-refractivity contribution in [1.82, 2.24) is 14.9 Å². The summed E-state index contributed by atoms with van der Waals surface area (Å²) in [5, 5.41) is 0. The summed E-state index contributed by atoms with van der Waals surface area (Å²) in [4.78, 5) is 23.7. The van der Waals surface area contributed by atoms with Crippen molar-refractivity contribution in [2.24, 2.45) is 0 Å². The van der Waals surface area contributed by atoms with Gasteiger partial charge in [0.1, 0.15) is 5.75 Å². The number of para-hydroxylation sites is 1. The summed E-state index contributed by atoms with van der Waals surface area (Å²) in [7, 11) is 3.30. The van der Waals surface area contributed by atoms with Gasteiger partial charge in [-0.2, -0.15) is 0 Å². The molecule has 2 aromatic heterocycles. The SMILES string of the molecule is COc1cccc(C(=C2CCN(C(=O)c3cncc(C)c3)CC2)c2ccccc2OC)n1. The third-order valence-electron chi connectivity index (χ3n) is 5.69. The Morgan fingerprint density at radius 1 is 0.969 bits per heavy atom. The van der Waals surface area contributed by atoms with Gasteiger partial charge >= 0.3 is 0 Å². The number of benzene rings is 1. The van der Waals surface area contributed by atoms with Crippen LogP contribution in [-0.2, 0) is 0 Å². The van der Waals surface area contributed by atoms with Crippen LogP contribution in [0.5, 0.6) is 11.6 Å². The van der Waals surface area contributed by atoms with E-state index in [2.05, 4.69) is 11.1 Å². The first-order chi connectivity index (χ1) is 15.6. The Hall–Kier alpha value is -3.67. The molecule has 0 unspecified atom stereocenters. The summed E-state index contributed by atoms with van der Waals surface area (Å²) in [5.74, 6) is 1.39. The number of aromatic nitrogens is 2.